The molecule has 2 rings (SSSR count). The van der Waals surface area contributed by atoms with Gasteiger partial charge in [-0.2, -0.15) is 0 Å². The van der Waals surface area contributed by atoms with Crippen LogP contribution in [0.2, 0.25) is 0 Å². The molecule has 1 fully saturated rings. The van der Waals surface area contributed by atoms with Crippen LogP contribution in [-0.2, 0) is 17.7 Å². The molecule has 0 bridgehead atoms. The summed E-state index contributed by atoms with van der Waals surface area (Å²) in [5, 5.41) is 4.70. The Kier molecular flexibility index (Phi) is 5.81. The summed E-state index contributed by atoms with van der Waals surface area (Å²) in [6, 6.07) is 0.752. The smallest absolute Gasteiger partial charge is 0.185 e. The SMILES string of the molecule is CCc1nc(N(C)CCOC(C)C)sc1CNC1CC1. The van der Waals surface area contributed by atoms with Crippen molar-refractivity contribution in [1.29, 1.82) is 0 Å². The van der Waals surface area contributed by atoms with Gasteiger partial charge < -0.3 is 15.0 Å². The molecule has 0 aliphatic heterocycles. The first-order chi connectivity index (χ1) is 9.60. The van der Waals surface area contributed by atoms with E-state index in [1.807, 2.05) is 11.3 Å². The highest BCUT2D eigenvalue weighted by atomic mass is 32.1. The van der Waals surface area contributed by atoms with Gasteiger partial charge in [-0.05, 0) is 33.1 Å². The molecule has 1 aliphatic carbocycles. The van der Waals surface area contributed by atoms with E-state index in [1.165, 1.54) is 23.4 Å². The first-order valence-corrected chi connectivity index (χ1v) is 8.46. The molecule has 1 N–H and O–H groups in total. The number of hydrogen-bond donors (Lipinski definition) is 1. The number of aromatic nitrogens is 1. The summed E-state index contributed by atoms with van der Waals surface area (Å²) in [5.41, 5.74) is 1.25. The third-order valence-electron chi connectivity index (χ3n) is 3.43. The van der Waals surface area contributed by atoms with E-state index in [-0.39, 0.29) is 0 Å². The molecule has 114 valence electrons. The zero-order valence-electron chi connectivity index (χ0n) is 13.1. The van der Waals surface area contributed by atoms with E-state index < -0.39 is 0 Å². The zero-order chi connectivity index (χ0) is 14.5. The third-order valence-corrected chi connectivity index (χ3v) is 4.65. The van der Waals surface area contributed by atoms with Crippen LogP contribution in [0.3, 0.4) is 0 Å². The average Bonchev–Trinajstić information content (AvgIpc) is 3.14. The van der Waals surface area contributed by atoms with Crippen molar-refractivity contribution in [3.8, 4) is 0 Å². The van der Waals surface area contributed by atoms with E-state index in [2.05, 4.69) is 38.0 Å². The summed E-state index contributed by atoms with van der Waals surface area (Å²) in [6.45, 7) is 8.94. The summed E-state index contributed by atoms with van der Waals surface area (Å²) >= 11 is 1.82. The van der Waals surface area contributed by atoms with Gasteiger partial charge in [0, 0.05) is 31.1 Å². The summed E-state index contributed by atoms with van der Waals surface area (Å²) in [7, 11) is 2.10. The van der Waals surface area contributed by atoms with E-state index in [0.717, 1.165) is 37.3 Å². The van der Waals surface area contributed by atoms with Crippen LogP contribution >= 0.6 is 11.3 Å². The molecule has 0 amide bonds. The molecule has 1 aliphatic rings. The van der Waals surface area contributed by atoms with E-state index in [9.17, 15) is 0 Å². The van der Waals surface area contributed by atoms with Crippen molar-refractivity contribution in [2.24, 2.45) is 0 Å². The molecule has 4 nitrogen and oxygen atoms in total. The number of rotatable bonds is 9. The van der Waals surface area contributed by atoms with Crippen LogP contribution in [0.1, 0.15) is 44.2 Å². The molecule has 0 saturated heterocycles. The van der Waals surface area contributed by atoms with Crippen molar-refractivity contribution >= 4 is 16.5 Å². The molecular formula is C15H27N3OS. The van der Waals surface area contributed by atoms with Crippen molar-refractivity contribution < 1.29 is 4.74 Å². The van der Waals surface area contributed by atoms with Gasteiger partial charge in [0.1, 0.15) is 0 Å². The largest absolute Gasteiger partial charge is 0.377 e. The number of ether oxygens (including phenoxy) is 1. The maximum absolute atomic E-state index is 5.61. The molecule has 0 aromatic carbocycles. The fraction of sp³-hybridized carbons (Fsp3) is 0.800. The number of likely N-dealkylation sites (N-methyl/N-ethyl adjacent to an activating group) is 1. The fourth-order valence-electron chi connectivity index (χ4n) is 1.99. The Morgan fingerprint density at radius 3 is 2.80 bits per heavy atom. The van der Waals surface area contributed by atoms with E-state index in [4.69, 9.17) is 9.72 Å². The summed E-state index contributed by atoms with van der Waals surface area (Å²) in [5.74, 6) is 0. The average molecular weight is 297 g/mol. The van der Waals surface area contributed by atoms with Crippen molar-refractivity contribution in [3.63, 3.8) is 0 Å². The summed E-state index contributed by atoms with van der Waals surface area (Å²) in [4.78, 5) is 8.37. The highest BCUT2D eigenvalue weighted by molar-refractivity contribution is 7.15. The maximum atomic E-state index is 5.61. The molecular weight excluding hydrogens is 270 g/mol. The van der Waals surface area contributed by atoms with Crippen LogP contribution in [0, 0.1) is 0 Å². The highest BCUT2D eigenvalue weighted by Crippen LogP contribution is 2.27. The van der Waals surface area contributed by atoms with Crippen molar-refractivity contribution in [2.45, 2.75) is 58.7 Å². The molecule has 0 unspecified atom stereocenters. The van der Waals surface area contributed by atoms with E-state index in [0.29, 0.717) is 6.10 Å². The first kappa shape index (κ1) is 15.7. The molecule has 20 heavy (non-hydrogen) atoms. The number of hydrogen-bond acceptors (Lipinski definition) is 5. The monoisotopic (exact) mass is 297 g/mol. The Morgan fingerprint density at radius 1 is 1.45 bits per heavy atom. The Balaban J connectivity index is 1.89. The van der Waals surface area contributed by atoms with Gasteiger partial charge in [-0.25, -0.2) is 4.98 Å². The van der Waals surface area contributed by atoms with Crippen molar-refractivity contribution in [1.82, 2.24) is 10.3 Å². The standard InChI is InChI=1S/C15H27N3OS/c1-5-13-14(10-16-12-6-7-12)20-15(17-13)18(4)8-9-19-11(2)3/h11-12,16H,5-10H2,1-4H3. The second-order valence-corrected chi connectivity index (χ2v) is 6.78. The van der Waals surface area contributed by atoms with Crippen LogP contribution in [0.25, 0.3) is 0 Å². The molecule has 1 aromatic rings. The second-order valence-electron chi connectivity index (χ2n) is 5.72. The van der Waals surface area contributed by atoms with Crippen LogP contribution < -0.4 is 10.2 Å². The third kappa shape index (κ3) is 4.72. The Hall–Kier alpha value is -0.650. The molecule has 0 radical (unpaired) electrons. The number of thiazole rings is 1. The Morgan fingerprint density at radius 2 is 2.20 bits per heavy atom. The van der Waals surface area contributed by atoms with Crippen LogP contribution in [-0.4, -0.2) is 37.3 Å². The van der Waals surface area contributed by atoms with E-state index in [1.54, 1.807) is 0 Å². The lowest BCUT2D eigenvalue weighted by Crippen LogP contribution is -2.23. The summed E-state index contributed by atoms with van der Waals surface area (Å²) < 4.78 is 5.61. The van der Waals surface area contributed by atoms with Gasteiger partial charge >= 0.3 is 0 Å². The maximum Gasteiger partial charge on any atom is 0.185 e. The lowest BCUT2D eigenvalue weighted by atomic mass is 10.3. The lowest BCUT2D eigenvalue weighted by molar-refractivity contribution is 0.0846. The topological polar surface area (TPSA) is 37.4 Å². The Bertz CT molecular complexity index is 415. The van der Waals surface area contributed by atoms with Gasteiger partial charge in [0.05, 0.1) is 18.4 Å². The number of anilines is 1. The molecule has 1 aromatic heterocycles. The quantitative estimate of drug-likeness (QED) is 0.760. The minimum Gasteiger partial charge on any atom is -0.377 e. The highest BCUT2D eigenvalue weighted by Gasteiger charge is 2.21. The summed E-state index contributed by atoms with van der Waals surface area (Å²) in [6.07, 6.45) is 3.97. The lowest BCUT2D eigenvalue weighted by Gasteiger charge is -2.16. The molecule has 0 atom stereocenters. The fourth-order valence-corrected chi connectivity index (χ4v) is 3.08. The predicted octanol–water partition coefficient (Wildman–Crippen LogP) is 2.82. The van der Waals surface area contributed by atoms with E-state index >= 15 is 0 Å². The zero-order valence-corrected chi connectivity index (χ0v) is 13.9. The number of nitrogens with zero attached hydrogens (tertiary/aromatic N) is 2. The Labute approximate surface area is 126 Å². The van der Waals surface area contributed by atoms with Gasteiger partial charge in [0.2, 0.25) is 0 Å². The minimum absolute atomic E-state index is 0.296. The van der Waals surface area contributed by atoms with Gasteiger partial charge in [-0.15, -0.1) is 11.3 Å². The van der Waals surface area contributed by atoms with Gasteiger partial charge in [0.25, 0.3) is 0 Å². The van der Waals surface area contributed by atoms with Crippen molar-refractivity contribution in [3.05, 3.63) is 10.6 Å². The predicted molar refractivity (Wildman–Crippen MR) is 85.7 cm³/mol. The number of nitrogens with one attached hydrogen (secondary N) is 1. The van der Waals surface area contributed by atoms with Crippen LogP contribution in [0.5, 0.6) is 0 Å². The molecule has 1 heterocycles. The van der Waals surface area contributed by atoms with Crippen molar-refractivity contribution in [2.75, 3.05) is 25.1 Å². The van der Waals surface area contributed by atoms with Gasteiger partial charge in [0.15, 0.2) is 5.13 Å². The molecule has 5 heteroatoms. The second kappa shape index (κ2) is 7.38. The van der Waals surface area contributed by atoms with Gasteiger partial charge in [-0.3, -0.25) is 0 Å². The minimum atomic E-state index is 0.296. The molecule has 0 spiro atoms. The number of aryl methyl sites for hydroxylation is 1. The van der Waals surface area contributed by atoms with Gasteiger partial charge in [-0.1, -0.05) is 6.92 Å². The van der Waals surface area contributed by atoms with Crippen LogP contribution in [0.4, 0.5) is 5.13 Å². The first-order valence-electron chi connectivity index (χ1n) is 7.64. The van der Waals surface area contributed by atoms with Crippen LogP contribution in [0.15, 0.2) is 0 Å². The normalized spacial score (nSPS) is 15.1. The molecule has 1 saturated carbocycles.